The van der Waals surface area contributed by atoms with Crippen molar-refractivity contribution in [3.05, 3.63) is 70.9 Å². The van der Waals surface area contributed by atoms with Crippen LogP contribution < -0.4 is 10.6 Å². The molecule has 5 nitrogen and oxygen atoms in total. The van der Waals surface area contributed by atoms with Gasteiger partial charge in [0.25, 0.3) is 0 Å². The minimum Gasteiger partial charge on any atom is -0.365 e. The van der Waals surface area contributed by atoms with Gasteiger partial charge in [-0.05, 0) is 41.8 Å². The van der Waals surface area contributed by atoms with Crippen molar-refractivity contribution < 1.29 is 0 Å². The van der Waals surface area contributed by atoms with Gasteiger partial charge in [-0.15, -0.1) is 5.10 Å². The minimum absolute atomic E-state index is 0.459. The summed E-state index contributed by atoms with van der Waals surface area (Å²) >= 11 is 5.89. The molecular weight excluding hydrogens is 322 g/mol. The zero-order valence-electron chi connectivity index (χ0n) is 13.3. The molecule has 0 aliphatic heterocycles. The summed E-state index contributed by atoms with van der Waals surface area (Å²) in [6, 6.07) is 15.9. The lowest BCUT2D eigenvalue weighted by Crippen LogP contribution is -2.05. The second-order valence-corrected chi connectivity index (χ2v) is 5.76. The molecule has 0 bridgehead atoms. The summed E-state index contributed by atoms with van der Waals surface area (Å²) in [5.41, 5.74) is 3.34. The molecule has 0 saturated carbocycles. The van der Waals surface area contributed by atoms with Gasteiger partial charge in [0.1, 0.15) is 0 Å². The molecule has 0 saturated heterocycles. The van der Waals surface area contributed by atoms with Gasteiger partial charge in [0.2, 0.25) is 5.95 Å². The van der Waals surface area contributed by atoms with E-state index in [9.17, 15) is 0 Å². The summed E-state index contributed by atoms with van der Waals surface area (Å²) in [4.78, 5) is 4.42. The molecule has 0 fully saturated rings. The smallest absolute Gasteiger partial charge is 0.249 e. The minimum atomic E-state index is 0.459. The van der Waals surface area contributed by atoms with Crippen molar-refractivity contribution in [3.8, 4) is 0 Å². The summed E-state index contributed by atoms with van der Waals surface area (Å²) in [6.07, 6.45) is 2.61. The molecule has 6 heteroatoms. The Labute approximate surface area is 146 Å². The number of halogens is 1. The summed E-state index contributed by atoms with van der Waals surface area (Å²) in [7, 11) is 0. The molecule has 0 amide bonds. The van der Waals surface area contributed by atoms with Gasteiger partial charge in [-0.25, -0.2) is 0 Å². The zero-order chi connectivity index (χ0) is 16.8. The van der Waals surface area contributed by atoms with Gasteiger partial charge >= 0.3 is 0 Å². The van der Waals surface area contributed by atoms with Crippen molar-refractivity contribution in [3.63, 3.8) is 0 Å². The van der Waals surface area contributed by atoms with Crippen LogP contribution in [0, 0.1) is 0 Å². The predicted octanol–water partition coefficient (Wildman–Crippen LogP) is 4.44. The topological polar surface area (TPSA) is 62.7 Å². The van der Waals surface area contributed by atoms with Crippen LogP contribution in [0.1, 0.15) is 18.1 Å². The van der Waals surface area contributed by atoms with E-state index >= 15 is 0 Å². The molecule has 0 aliphatic rings. The number of hydrogen-bond donors (Lipinski definition) is 2. The average molecular weight is 340 g/mol. The first-order chi connectivity index (χ1) is 11.7. The Hall–Kier alpha value is -2.66. The average Bonchev–Trinajstić information content (AvgIpc) is 2.62. The monoisotopic (exact) mass is 339 g/mol. The van der Waals surface area contributed by atoms with Crippen LogP contribution in [0.5, 0.6) is 0 Å². The highest BCUT2D eigenvalue weighted by atomic mass is 35.5. The Morgan fingerprint density at radius 2 is 1.67 bits per heavy atom. The lowest BCUT2D eigenvalue weighted by Gasteiger charge is -2.08. The lowest BCUT2D eigenvalue weighted by atomic mass is 10.1. The first-order valence-corrected chi connectivity index (χ1v) is 8.15. The quantitative estimate of drug-likeness (QED) is 0.695. The van der Waals surface area contributed by atoms with Crippen molar-refractivity contribution in [1.82, 2.24) is 15.2 Å². The molecule has 0 unspecified atom stereocenters. The maximum atomic E-state index is 5.89. The van der Waals surface area contributed by atoms with Crippen LogP contribution in [0.2, 0.25) is 5.02 Å². The number of nitrogens with zero attached hydrogens (tertiary/aromatic N) is 3. The molecule has 1 heterocycles. The van der Waals surface area contributed by atoms with E-state index in [4.69, 9.17) is 11.6 Å². The SMILES string of the molecule is CCc1ccc(Nc2nncc(NCc3ccc(Cl)cc3)n2)cc1. The molecule has 3 aromatic rings. The van der Waals surface area contributed by atoms with Gasteiger partial charge in [-0.2, -0.15) is 10.1 Å². The normalized spacial score (nSPS) is 10.4. The van der Waals surface area contributed by atoms with Gasteiger partial charge in [0, 0.05) is 17.3 Å². The Morgan fingerprint density at radius 1 is 0.958 bits per heavy atom. The number of rotatable bonds is 6. The van der Waals surface area contributed by atoms with Crippen molar-refractivity contribution >= 4 is 29.1 Å². The highest BCUT2D eigenvalue weighted by Gasteiger charge is 2.02. The second-order valence-electron chi connectivity index (χ2n) is 5.32. The Kier molecular flexibility index (Phi) is 5.23. The van der Waals surface area contributed by atoms with Gasteiger partial charge in [0.15, 0.2) is 5.82 Å². The molecule has 2 N–H and O–H groups in total. The fourth-order valence-electron chi connectivity index (χ4n) is 2.19. The van der Waals surface area contributed by atoms with Gasteiger partial charge in [-0.3, -0.25) is 0 Å². The van der Waals surface area contributed by atoms with E-state index in [1.54, 1.807) is 6.20 Å². The van der Waals surface area contributed by atoms with Crippen LogP contribution in [-0.4, -0.2) is 15.2 Å². The Morgan fingerprint density at radius 3 is 2.38 bits per heavy atom. The molecule has 2 aromatic carbocycles. The van der Waals surface area contributed by atoms with E-state index in [1.807, 2.05) is 36.4 Å². The fraction of sp³-hybridized carbons (Fsp3) is 0.167. The highest BCUT2D eigenvalue weighted by Crippen LogP contribution is 2.15. The molecular formula is C18H18ClN5. The standard InChI is InChI=1S/C18H18ClN5/c1-2-13-5-9-16(10-6-13)22-18-23-17(12-21-24-18)20-11-14-3-7-15(19)8-4-14/h3-10,12H,2,11H2,1H3,(H2,20,22,23,24). The number of benzene rings is 2. The van der Waals surface area contributed by atoms with Crippen LogP contribution in [0.15, 0.2) is 54.7 Å². The zero-order valence-corrected chi connectivity index (χ0v) is 14.1. The Bertz CT molecular complexity index is 787. The maximum absolute atomic E-state index is 5.89. The third kappa shape index (κ3) is 4.43. The number of anilines is 3. The summed E-state index contributed by atoms with van der Waals surface area (Å²) in [6.45, 7) is 2.77. The third-order valence-corrected chi connectivity index (χ3v) is 3.82. The summed E-state index contributed by atoms with van der Waals surface area (Å²) in [5, 5.41) is 15.1. The highest BCUT2D eigenvalue weighted by molar-refractivity contribution is 6.30. The predicted molar refractivity (Wildman–Crippen MR) is 97.7 cm³/mol. The number of aromatic nitrogens is 3. The van der Waals surface area contributed by atoms with E-state index in [0.717, 1.165) is 22.7 Å². The van der Waals surface area contributed by atoms with Crippen LogP contribution >= 0.6 is 11.6 Å². The van der Waals surface area contributed by atoms with E-state index < -0.39 is 0 Å². The van der Waals surface area contributed by atoms with Crippen LogP contribution in [0.25, 0.3) is 0 Å². The molecule has 24 heavy (non-hydrogen) atoms. The van der Waals surface area contributed by atoms with Crippen molar-refractivity contribution in [2.75, 3.05) is 10.6 Å². The van der Waals surface area contributed by atoms with E-state index in [1.165, 1.54) is 5.56 Å². The van der Waals surface area contributed by atoms with E-state index in [-0.39, 0.29) is 0 Å². The number of hydrogen-bond acceptors (Lipinski definition) is 5. The van der Waals surface area contributed by atoms with Crippen molar-refractivity contribution in [2.45, 2.75) is 19.9 Å². The lowest BCUT2D eigenvalue weighted by molar-refractivity contribution is 0.966. The maximum Gasteiger partial charge on any atom is 0.249 e. The number of nitrogens with one attached hydrogen (secondary N) is 2. The van der Waals surface area contributed by atoms with Gasteiger partial charge in [0.05, 0.1) is 6.20 Å². The second kappa shape index (κ2) is 7.75. The molecule has 0 atom stereocenters. The van der Waals surface area contributed by atoms with E-state index in [2.05, 4.69) is 44.9 Å². The third-order valence-electron chi connectivity index (χ3n) is 3.56. The van der Waals surface area contributed by atoms with Gasteiger partial charge < -0.3 is 10.6 Å². The molecule has 3 rings (SSSR count). The summed E-state index contributed by atoms with van der Waals surface area (Å²) < 4.78 is 0. The largest absolute Gasteiger partial charge is 0.365 e. The van der Waals surface area contributed by atoms with Crippen LogP contribution in [0.3, 0.4) is 0 Å². The summed E-state index contributed by atoms with van der Waals surface area (Å²) in [5.74, 6) is 1.12. The molecule has 0 aliphatic carbocycles. The van der Waals surface area contributed by atoms with Gasteiger partial charge in [-0.1, -0.05) is 42.8 Å². The first kappa shape index (κ1) is 16.2. The van der Waals surface area contributed by atoms with Crippen LogP contribution in [0.4, 0.5) is 17.5 Å². The van der Waals surface area contributed by atoms with Crippen molar-refractivity contribution in [1.29, 1.82) is 0 Å². The number of aryl methyl sites for hydroxylation is 1. The first-order valence-electron chi connectivity index (χ1n) is 7.77. The fourth-order valence-corrected chi connectivity index (χ4v) is 2.32. The molecule has 0 radical (unpaired) electrons. The van der Waals surface area contributed by atoms with Crippen LogP contribution in [-0.2, 0) is 13.0 Å². The molecule has 0 spiro atoms. The van der Waals surface area contributed by atoms with Crippen molar-refractivity contribution in [2.24, 2.45) is 0 Å². The Balaban J connectivity index is 1.63. The molecule has 1 aromatic heterocycles. The molecule has 122 valence electrons. The van der Waals surface area contributed by atoms with E-state index in [0.29, 0.717) is 18.3 Å².